The van der Waals surface area contributed by atoms with Crippen molar-refractivity contribution in [2.75, 3.05) is 12.4 Å². The lowest BCUT2D eigenvalue weighted by atomic mass is 10.1. The fraction of sp³-hybridized carbons (Fsp3) is 0.267. The maximum atomic E-state index is 9.25. The Morgan fingerprint density at radius 3 is 2.68 bits per heavy atom. The molecular weight excluding hydrogens is 240 g/mol. The number of aromatic hydroxyl groups is 1. The third-order valence-electron chi connectivity index (χ3n) is 2.84. The van der Waals surface area contributed by atoms with E-state index in [9.17, 15) is 5.11 Å². The van der Waals surface area contributed by atoms with Gasteiger partial charge in [-0.1, -0.05) is 12.1 Å². The standard InChI is InChI=1S/C15H18N2O2/c1-11(10-12-5-7-13(18)8-6-12)17-14-4-3-9-16-15(14)19-2/h3-9,11,17-18H,10H2,1-2H3. The first-order valence-corrected chi connectivity index (χ1v) is 6.22. The predicted octanol–water partition coefficient (Wildman–Crippen LogP) is 2.84. The van der Waals surface area contributed by atoms with E-state index in [4.69, 9.17) is 4.74 Å². The lowest BCUT2D eigenvalue weighted by molar-refractivity contribution is 0.399. The zero-order valence-electron chi connectivity index (χ0n) is 11.1. The Hall–Kier alpha value is -2.23. The first kappa shape index (κ1) is 13.2. The number of hydrogen-bond donors (Lipinski definition) is 2. The van der Waals surface area contributed by atoms with E-state index in [0.29, 0.717) is 11.6 Å². The van der Waals surface area contributed by atoms with E-state index in [0.717, 1.165) is 12.1 Å². The van der Waals surface area contributed by atoms with Crippen LogP contribution in [0.5, 0.6) is 11.6 Å². The molecule has 0 fully saturated rings. The van der Waals surface area contributed by atoms with E-state index in [-0.39, 0.29) is 6.04 Å². The number of rotatable bonds is 5. The molecule has 4 nitrogen and oxygen atoms in total. The van der Waals surface area contributed by atoms with Crippen molar-refractivity contribution in [3.63, 3.8) is 0 Å². The van der Waals surface area contributed by atoms with Crippen LogP contribution in [0.25, 0.3) is 0 Å². The van der Waals surface area contributed by atoms with Crippen LogP contribution in [0, 0.1) is 0 Å². The molecule has 0 spiro atoms. The third-order valence-corrected chi connectivity index (χ3v) is 2.84. The zero-order chi connectivity index (χ0) is 13.7. The van der Waals surface area contributed by atoms with Crippen LogP contribution in [0.15, 0.2) is 42.6 Å². The van der Waals surface area contributed by atoms with Crippen LogP contribution in [-0.2, 0) is 6.42 Å². The molecule has 0 bridgehead atoms. The van der Waals surface area contributed by atoms with Crippen molar-refractivity contribution in [1.82, 2.24) is 4.98 Å². The van der Waals surface area contributed by atoms with Crippen molar-refractivity contribution >= 4 is 5.69 Å². The molecule has 1 aromatic carbocycles. The summed E-state index contributed by atoms with van der Waals surface area (Å²) in [4.78, 5) is 4.15. The molecule has 0 saturated heterocycles. The highest BCUT2D eigenvalue weighted by Gasteiger charge is 2.08. The van der Waals surface area contributed by atoms with Crippen molar-refractivity contribution in [2.24, 2.45) is 0 Å². The van der Waals surface area contributed by atoms with Gasteiger partial charge in [0.15, 0.2) is 0 Å². The Morgan fingerprint density at radius 2 is 2.00 bits per heavy atom. The number of phenolic OH excluding ortho intramolecular Hbond substituents is 1. The minimum atomic E-state index is 0.239. The molecule has 0 aliphatic carbocycles. The molecule has 0 amide bonds. The molecule has 0 aliphatic heterocycles. The second-order valence-electron chi connectivity index (χ2n) is 4.48. The van der Waals surface area contributed by atoms with E-state index in [2.05, 4.69) is 17.2 Å². The molecule has 0 aliphatic rings. The molecule has 4 heteroatoms. The highest BCUT2D eigenvalue weighted by atomic mass is 16.5. The lowest BCUT2D eigenvalue weighted by Crippen LogP contribution is -2.18. The van der Waals surface area contributed by atoms with Crippen molar-refractivity contribution in [1.29, 1.82) is 0 Å². The summed E-state index contributed by atoms with van der Waals surface area (Å²) in [6.45, 7) is 2.10. The molecular formula is C15H18N2O2. The number of hydrogen-bond acceptors (Lipinski definition) is 4. The van der Waals surface area contributed by atoms with Gasteiger partial charge in [0.25, 0.3) is 0 Å². The molecule has 19 heavy (non-hydrogen) atoms. The lowest BCUT2D eigenvalue weighted by Gasteiger charge is -2.16. The summed E-state index contributed by atoms with van der Waals surface area (Å²) < 4.78 is 5.21. The van der Waals surface area contributed by atoms with Gasteiger partial charge in [0.2, 0.25) is 5.88 Å². The van der Waals surface area contributed by atoms with E-state index in [1.807, 2.05) is 24.3 Å². The summed E-state index contributed by atoms with van der Waals surface area (Å²) in [7, 11) is 1.61. The molecule has 2 rings (SSSR count). The first-order chi connectivity index (χ1) is 9.19. The number of benzene rings is 1. The Balaban J connectivity index is 2.01. The Bertz CT molecular complexity index is 526. The van der Waals surface area contributed by atoms with Crippen LogP contribution in [-0.4, -0.2) is 23.2 Å². The second-order valence-corrected chi connectivity index (χ2v) is 4.48. The number of phenols is 1. The van der Waals surface area contributed by atoms with Gasteiger partial charge >= 0.3 is 0 Å². The van der Waals surface area contributed by atoms with E-state index >= 15 is 0 Å². The quantitative estimate of drug-likeness (QED) is 0.866. The smallest absolute Gasteiger partial charge is 0.237 e. The summed E-state index contributed by atoms with van der Waals surface area (Å²) in [5, 5.41) is 12.6. The van der Waals surface area contributed by atoms with Crippen LogP contribution in [0.4, 0.5) is 5.69 Å². The van der Waals surface area contributed by atoms with E-state index in [1.165, 1.54) is 5.56 Å². The summed E-state index contributed by atoms with van der Waals surface area (Å²) >= 11 is 0. The van der Waals surface area contributed by atoms with Crippen LogP contribution in [0.1, 0.15) is 12.5 Å². The Labute approximate surface area is 113 Å². The predicted molar refractivity (Wildman–Crippen MR) is 75.7 cm³/mol. The normalized spacial score (nSPS) is 11.9. The number of anilines is 1. The van der Waals surface area contributed by atoms with Gasteiger partial charge in [-0.3, -0.25) is 0 Å². The van der Waals surface area contributed by atoms with E-state index in [1.54, 1.807) is 25.4 Å². The van der Waals surface area contributed by atoms with E-state index < -0.39 is 0 Å². The fourth-order valence-corrected chi connectivity index (χ4v) is 1.97. The highest BCUT2D eigenvalue weighted by Crippen LogP contribution is 2.21. The minimum Gasteiger partial charge on any atom is -0.508 e. The van der Waals surface area contributed by atoms with Crippen LogP contribution < -0.4 is 10.1 Å². The molecule has 0 saturated carbocycles. The molecule has 1 heterocycles. The van der Waals surface area contributed by atoms with Gasteiger partial charge in [-0.05, 0) is 43.2 Å². The van der Waals surface area contributed by atoms with Crippen molar-refractivity contribution in [3.8, 4) is 11.6 Å². The Morgan fingerprint density at radius 1 is 1.26 bits per heavy atom. The number of aromatic nitrogens is 1. The van der Waals surface area contributed by atoms with Crippen molar-refractivity contribution in [3.05, 3.63) is 48.2 Å². The topological polar surface area (TPSA) is 54.4 Å². The molecule has 2 N–H and O–H groups in total. The van der Waals surface area contributed by atoms with Crippen LogP contribution >= 0.6 is 0 Å². The SMILES string of the molecule is COc1ncccc1NC(C)Cc1ccc(O)cc1. The molecule has 1 unspecified atom stereocenters. The maximum Gasteiger partial charge on any atom is 0.237 e. The van der Waals surface area contributed by atoms with Gasteiger partial charge in [0.05, 0.1) is 12.8 Å². The molecule has 0 radical (unpaired) electrons. The minimum absolute atomic E-state index is 0.239. The van der Waals surface area contributed by atoms with Gasteiger partial charge in [-0.15, -0.1) is 0 Å². The van der Waals surface area contributed by atoms with Crippen LogP contribution in [0.2, 0.25) is 0 Å². The van der Waals surface area contributed by atoms with Gasteiger partial charge in [-0.25, -0.2) is 4.98 Å². The number of pyridine rings is 1. The summed E-state index contributed by atoms with van der Waals surface area (Å²) in [6, 6.07) is 11.3. The number of nitrogens with one attached hydrogen (secondary N) is 1. The van der Waals surface area contributed by atoms with Gasteiger partial charge < -0.3 is 15.2 Å². The molecule has 2 aromatic rings. The zero-order valence-corrected chi connectivity index (χ0v) is 11.1. The highest BCUT2D eigenvalue weighted by molar-refractivity contribution is 5.52. The summed E-state index contributed by atoms with van der Waals surface area (Å²) in [5.74, 6) is 0.887. The third kappa shape index (κ3) is 3.61. The van der Waals surface area contributed by atoms with Crippen molar-refractivity contribution < 1.29 is 9.84 Å². The van der Waals surface area contributed by atoms with Gasteiger partial charge in [0.1, 0.15) is 5.75 Å². The monoisotopic (exact) mass is 258 g/mol. The molecule has 1 atom stereocenters. The number of nitrogens with zero attached hydrogens (tertiary/aromatic N) is 1. The molecule has 1 aromatic heterocycles. The average Bonchev–Trinajstić information content (AvgIpc) is 2.42. The van der Waals surface area contributed by atoms with Crippen molar-refractivity contribution in [2.45, 2.75) is 19.4 Å². The van der Waals surface area contributed by atoms with Crippen LogP contribution in [0.3, 0.4) is 0 Å². The second kappa shape index (κ2) is 6.09. The summed E-state index contributed by atoms with van der Waals surface area (Å²) in [6.07, 6.45) is 2.56. The first-order valence-electron chi connectivity index (χ1n) is 6.22. The number of methoxy groups -OCH3 is 1. The Kier molecular flexibility index (Phi) is 4.23. The average molecular weight is 258 g/mol. The molecule has 100 valence electrons. The summed E-state index contributed by atoms with van der Waals surface area (Å²) in [5.41, 5.74) is 2.05. The largest absolute Gasteiger partial charge is 0.508 e. The van der Waals surface area contributed by atoms with Gasteiger partial charge in [0, 0.05) is 12.2 Å². The maximum absolute atomic E-state index is 9.25. The van der Waals surface area contributed by atoms with Gasteiger partial charge in [-0.2, -0.15) is 0 Å². The fourth-order valence-electron chi connectivity index (χ4n) is 1.97. The number of ether oxygens (including phenoxy) is 1.